The molecule has 2 nitrogen and oxygen atoms in total. The van der Waals surface area contributed by atoms with E-state index in [1.165, 1.54) is 18.4 Å². The van der Waals surface area contributed by atoms with Gasteiger partial charge in [0.1, 0.15) is 5.15 Å². The van der Waals surface area contributed by atoms with Crippen LogP contribution in [0.2, 0.25) is 5.15 Å². The van der Waals surface area contributed by atoms with Crippen LogP contribution in [0, 0.1) is 5.92 Å². The molecule has 1 fully saturated rings. The van der Waals surface area contributed by atoms with Crippen molar-refractivity contribution in [2.24, 2.45) is 5.92 Å². The van der Waals surface area contributed by atoms with E-state index in [0.29, 0.717) is 11.2 Å². The number of aromatic nitrogens is 1. The van der Waals surface area contributed by atoms with Crippen LogP contribution in [0.25, 0.3) is 0 Å². The van der Waals surface area contributed by atoms with Crippen LogP contribution in [0.3, 0.4) is 0 Å². The van der Waals surface area contributed by atoms with E-state index < -0.39 is 0 Å². The molecule has 1 heterocycles. The van der Waals surface area contributed by atoms with Crippen LogP contribution in [0.1, 0.15) is 31.4 Å². The molecule has 1 saturated carbocycles. The fraction of sp³-hybridized carbons (Fsp3) is 0.545. The van der Waals surface area contributed by atoms with Crippen molar-refractivity contribution < 1.29 is 0 Å². The molecule has 0 radical (unpaired) electrons. The maximum Gasteiger partial charge on any atom is 0.129 e. The molecular formula is C11H15ClN2. The van der Waals surface area contributed by atoms with Crippen molar-refractivity contribution in [3.05, 3.63) is 29.0 Å². The van der Waals surface area contributed by atoms with Crippen molar-refractivity contribution in [1.82, 2.24) is 10.3 Å². The SMILES string of the molecule is CC(NCC1CC1)c1ccnc(Cl)c1. The number of rotatable bonds is 4. The largest absolute Gasteiger partial charge is 0.310 e. The highest BCUT2D eigenvalue weighted by atomic mass is 35.5. The van der Waals surface area contributed by atoms with E-state index in [9.17, 15) is 0 Å². The predicted octanol–water partition coefficient (Wildman–Crippen LogP) is 2.80. The number of hydrogen-bond acceptors (Lipinski definition) is 2. The lowest BCUT2D eigenvalue weighted by atomic mass is 10.1. The first-order valence-corrected chi connectivity index (χ1v) is 5.48. The lowest BCUT2D eigenvalue weighted by Gasteiger charge is -2.13. The Morgan fingerprint density at radius 3 is 3.07 bits per heavy atom. The molecule has 14 heavy (non-hydrogen) atoms. The van der Waals surface area contributed by atoms with Gasteiger partial charge in [0.2, 0.25) is 0 Å². The van der Waals surface area contributed by atoms with Crippen molar-refractivity contribution >= 4 is 11.6 Å². The Hall–Kier alpha value is -0.600. The molecule has 0 aromatic carbocycles. The number of nitrogens with zero attached hydrogens (tertiary/aromatic N) is 1. The van der Waals surface area contributed by atoms with E-state index in [-0.39, 0.29) is 0 Å². The van der Waals surface area contributed by atoms with Crippen LogP contribution in [0.4, 0.5) is 0 Å². The lowest BCUT2D eigenvalue weighted by molar-refractivity contribution is 0.548. The van der Waals surface area contributed by atoms with E-state index in [1.807, 2.05) is 12.1 Å². The predicted molar refractivity (Wildman–Crippen MR) is 58.4 cm³/mol. The molecule has 0 spiro atoms. The molecule has 2 rings (SSSR count). The van der Waals surface area contributed by atoms with Crippen LogP contribution >= 0.6 is 11.6 Å². The second-order valence-electron chi connectivity index (χ2n) is 3.99. The Labute approximate surface area is 89.7 Å². The van der Waals surface area contributed by atoms with Gasteiger partial charge in [0.15, 0.2) is 0 Å². The van der Waals surface area contributed by atoms with Gasteiger partial charge >= 0.3 is 0 Å². The maximum atomic E-state index is 5.83. The summed E-state index contributed by atoms with van der Waals surface area (Å²) in [6.07, 6.45) is 4.53. The number of halogens is 1. The summed E-state index contributed by atoms with van der Waals surface area (Å²) < 4.78 is 0. The van der Waals surface area contributed by atoms with Gasteiger partial charge in [0, 0.05) is 12.2 Å². The first-order chi connectivity index (χ1) is 6.75. The summed E-state index contributed by atoms with van der Waals surface area (Å²) in [5.74, 6) is 0.912. The van der Waals surface area contributed by atoms with Gasteiger partial charge in [0.25, 0.3) is 0 Å². The summed E-state index contributed by atoms with van der Waals surface area (Å²) in [7, 11) is 0. The molecule has 1 unspecified atom stereocenters. The molecule has 1 aromatic heterocycles. The molecular weight excluding hydrogens is 196 g/mol. The first-order valence-electron chi connectivity index (χ1n) is 5.10. The normalized spacial score (nSPS) is 18.1. The molecule has 0 saturated heterocycles. The number of hydrogen-bond donors (Lipinski definition) is 1. The Morgan fingerprint density at radius 2 is 2.43 bits per heavy atom. The van der Waals surface area contributed by atoms with Crippen molar-refractivity contribution in [2.45, 2.75) is 25.8 Å². The molecule has 0 amide bonds. The molecule has 1 atom stereocenters. The number of pyridine rings is 1. The third-order valence-corrected chi connectivity index (χ3v) is 2.87. The smallest absolute Gasteiger partial charge is 0.129 e. The zero-order chi connectivity index (χ0) is 9.97. The summed E-state index contributed by atoms with van der Waals surface area (Å²) >= 11 is 5.83. The Balaban J connectivity index is 1.91. The van der Waals surface area contributed by atoms with Gasteiger partial charge in [0.05, 0.1) is 0 Å². The summed E-state index contributed by atoms with van der Waals surface area (Å²) in [6, 6.07) is 4.30. The van der Waals surface area contributed by atoms with Crippen LogP contribution in [-0.2, 0) is 0 Å². The zero-order valence-corrected chi connectivity index (χ0v) is 9.09. The average molecular weight is 211 g/mol. The zero-order valence-electron chi connectivity index (χ0n) is 8.33. The fourth-order valence-corrected chi connectivity index (χ4v) is 1.65. The second kappa shape index (κ2) is 4.28. The third kappa shape index (κ3) is 2.69. The molecule has 0 aliphatic heterocycles. The van der Waals surface area contributed by atoms with Crippen molar-refractivity contribution in [3.63, 3.8) is 0 Å². The van der Waals surface area contributed by atoms with Crippen LogP contribution in [0.5, 0.6) is 0 Å². The Kier molecular flexibility index (Phi) is 3.04. The molecule has 3 heteroatoms. The minimum Gasteiger partial charge on any atom is -0.310 e. The molecule has 1 aliphatic rings. The van der Waals surface area contributed by atoms with Crippen molar-refractivity contribution in [1.29, 1.82) is 0 Å². The van der Waals surface area contributed by atoms with Crippen LogP contribution < -0.4 is 5.32 Å². The summed E-state index contributed by atoms with van der Waals surface area (Å²) in [5, 5.41) is 4.07. The van der Waals surface area contributed by atoms with Crippen LogP contribution in [0.15, 0.2) is 18.3 Å². The second-order valence-corrected chi connectivity index (χ2v) is 4.37. The fourth-order valence-electron chi connectivity index (χ4n) is 1.47. The monoisotopic (exact) mass is 210 g/mol. The topological polar surface area (TPSA) is 24.9 Å². The molecule has 1 aliphatic carbocycles. The van der Waals surface area contributed by atoms with Crippen molar-refractivity contribution in [3.8, 4) is 0 Å². The number of nitrogens with one attached hydrogen (secondary N) is 1. The minimum absolute atomic E-state index is 0.371. The highest BCUT2D eigenvalue weighted by Crippen LogP contribution is 2.28. The molecule has 0 bridgehead atoms. The van der Waals surface area contributed by atoms with Gasteiger partial charge in [-0.2, -0.15) is 0 Å². The summed E-state index contributed by atoms with van der Waals surface area (Å²) in [4.78, 5) is 3.97. The maximum absolute atomic E-state index is 5.83. The summed E-state index contributed by atoms with van der Waals surface area (Å²) in [6.45, 7) is 3.29. The van der Waals surface area contributed by atoms with Gasteiger partial charge in [-0.25, -0.2) is 4.98 Å². The lowest BCUT2D eigenvalue weighted by Crippen LogP contribution is -2.21. The van der Waals surface area contributed by atoms with Gasteiger partial charge in [-0.3, -0.25) is 0 Å². The van der Waals surface area contributed by atoms with E-state index in [1.54, 1.807) is 6.20 Å². The molecule has 1 N–H and O–H groups in total. The van der Waals surface area contributed by atoms with Crippen LogP contribution in [-0.4, -0.2) is 11.5 Å². The van der Waals surface area contributed by atoms with Crippen molar-refractivity contribution in [2.75, 3.05) is 6.54 Å². The third-order valence-electron chi connectivity index (χ3n) is 2.66. The first kappa shape index (κ1) is 9.94. The van der Waals surface area contributed by atoms with Gasteiger partial charge in [-0.05, 0) is 49.9 Å². The highest BCUT2D eigenvalue weighted by Gasteiger charge is 2.21. The molecule has 76 valence electrons. The van der Waals surface area contributed by atoms with E-state index in [0.717, 1.165) is 12.5 Å². The minimum atomic E-state index is 0.371. The Morgan fingerprint density at radius 1 is 1.64 bits per heavy atom. The average Bonchev–Trinajstić information content (AvgIpc) is 2.97. The summed E-state index contributed by atoms with van der Waals surface area (Å²) in [5.41, 5.74) is 1.21. The van der Waals surface area contributed by atoms with E-state index >= 15 is 0 Å². The molecule has 1 aromatic rings. The Bertz CT molecular complexity index is 310. The quantitative estimate of drug-likeness (QED) is 0.774. The van der Waals surface area contributed by atoms with E-state index in [4.69, 9.17) is 11.6 Å². The van der Waals surface area contributed by atoms with Gasteiger partial charge in [-0.1, -0.05) is 11.6 Å². The van der Waals surface area contributed by atoms with Gasteiger partial charge < -0.3 is 5.32 Å². The van der Waals surface area contributed by atoms with Gasteiger partial charge in [-0.15, -0.1) is 0 Å². The highest BCUT2D eigenvalue weighted by molar-refractivity contribution is 6.29. The standard InChI is InChI=1S/C11H15ClN2/c1-8(14-7-9-2-3-9)10-4-5-13-11(12)6-10/h4-6,8-9,14H,2-3,7H2,1H3. The van der Waals surface area contributed by atoms with E-state index in [2.05, 4.69) is 17.2 Å².